The Labute approximate surface area is 112 Å². The van der Waals surface area contributed by atoms with Crippen molar-refractivity contribution in [3.8, 4) is 0 Å². The summed E-state index contributed by atoms with van der Waals surface area (Å²) in [5, 5.41) is 3.46. The SMILES string of the molecule is CCCNCC1CCC(CN2CCC=C(C)C2)O1. The molecule has 0 aromatic heterocycles. The first-order valence-electron chi connectivity index (χ1n) is 7.52. The van der Waals surface area contributed by atoms with E-state index in [1.807, 2.05) is 0 Å². The maximum atomic E-state index is 6.12. The van der Waals surface area contributed by atoms with E-state index in [1.54, 1.807) is 0 Å². The second-order valence-electron chi connectivity index (χ2n) is 5.74. The Hall–Kier alpha value is -0.380. The fourth-order valence-corrected chi connectivity index (χ4v) is 2.94. The molecule has 0 amide bonds. The van der Waals surface area contributed by atoms with Crippen molar-refractivity contribution >= 4 is 0 Å². The zero-order valence-corrected chi connectivity index (χ0v) is 12.0. The molecule has 0 aromatic rings. The van der Waals surface area contributed by atoms with Crippen molar-refractivity contribution in [3.05, 3.63) is 11.6 Å². The summed E-state index contributed by atoms with van der Waals surface area (Å²) in [5.74, 6) is 0. The van der Waals surface area contributed by atoms with Gasteiger partial charge in [-0.1, -0.05) is 18.6 Å². The van der Waals surface area contributed by atoms with E-state index >= 15 is 0 Å². The van der Waals surface area contributed by atoms with Gasteiger partial charge in [0.15, 0.2) is 0 Å². The summed E-state index contributed by atoms with van der Waals surface area (Å²) in [6, 6.07) is 0. The molecule has 2 aliphatic rings. The Morgan fingerprint density at radius 2 is 2.22 bits per heavy atom. The van der Waals surface area contributed by atoms with Crippen molar-refractivity contribution in [1.29, 1.82) is 0 Å². The smallest absolute Gasteiger partial charge is 0.0707 e. The molecule has 0 spiro atoms. The second-order valence-corrected chi connectivity index (χ2v) is 5.74. The largest absolute Gasteiger partial charge is 0.372 e. The molecule has 2 rings (SSSR count). The molecule has 0 aliphatic carbocycles. The summed E-state index contributed by atoms with van der Waals surface area (Å²) in [4.78, 5) is 2.54. The molecule has 0 aromatic carbocycles. The zero-order valence-electron chi connectivity index (χ0n) is 12.0. The van der Waals surface area contributed by atoms with Crippen LogP contribution in [0.25, 0.3) is 0 Å². The standard InChI is InChI=1S/C15H28N2O/c1-3-8-16-10-14-6-7-15(18-14)12-17-9-4-5-13(2)11-17/h5,14-16H,3-4,6-12H2,1-2H3. The van der Waals surface area contributed by atoms with Gasteiger partial charge in [0.25, 0.3) is 0 Å². The summed E-state index contributed by atoms with van der Waals surface area (Å²) in [6.07, 6.45) is 8.15. The van der Waals surface area contributed by atoms with Crippen LogP contribution in [-0.2, 0) is 4.74 Å². The van der Waals surface area contributed by atoms with Crippen LogP contribution in [0.3, 0.4) is 0 Å². The molecule has 0 radical (unpaired) electrons. The van der Waals surface area contributed by atoms with Crippen LogP contribution in [-0.4, -0.2) is 49.8 Å². The van der Waals surface area contributed by atoms with Crippen molar-refractivity contribution in [2.45, 2.75) is 51.7 Å². The Kier molecular flexibility index (Phi) is 5.67. The highest BCUT2D eigenvalue weighted by atomic mass is 16.5. The highest BCUT2D eigenvalue weighted by Gasteiger charge is 2.26. The topological polar surface area (TPSA) is 24.5 Å². The molecule has 3 nitrogen and oxygen atoms in total. The third-order valence-electron chi connectivity index (χ3n) is 3.87. The predicted octanol–water partition coefficient (Wildman–Crippen LogP) is 2.19. The first-order valence-corrected chi connectivity index (χ1v) is 7.52. The van der Waals surface area contributed by atoms with Gasteiger partial charge in [0, 0.05) is 26.2 Å². The van der Waals surface area contributed by atoms with Crippen molar-refractivity contribution in [2.24, 2.45) is 0 Å². The van der Waals surface area contributed by atoms with E-state index in [1.165, 1.54) is 37.8 Å². The molecular formula is C15H28N2O. The number of ether oxygens (including phenoxy) is 1. The van der Waals surface area contributed by atoms with E-state index in [0.717, 1.165) is 26.2 Å². The monoisotopic (exact) mass is 252 g/mol. The maximum absolute atomic E-state index is 6.12. The van der Waals surface area contributed by atoms with Gasteiger partial charge in [-0.05, 0) is 39.2 Å². The summed E-state index contributed by atoms with van der Waals surface area (Å²) in [7, 11) is 0. The second kappa shape index (κ2) is 7.27. The highest BCUT2D eigenvalue weighted by molar-refractivity contribution is 5.04. The lowest BCUT2D eigenvalue weighted by molar-refractivity contribution is 0.0246. The van der Waals surface area contributed by atoms with Crippen LogP contribution in [0, 0.1) is 0 Å². The van der Waals surface area contributed by atoms with Crippen LogP contribution < -0.4 is 5.32 Å². The highest BCUT2D eigenvalue weighted by Crippen LogP contribution is 2.21. The van der Waals surface area contributed by atoms with Crippen LogP contribution in [0.1, 0.15) is 39.5 Å². The van der Waals surface area contributed by atoms with Crippen molar-refractivity contribution in [1.82, 2.24) is 10.2 Å². The molecule has 0 saturated carbocycles. The normalized spacial score (nSPS) is 29.6. The Bertz CT molecular complexity index is 278. The first-order chi connectivity index (χ1) is 8.78. The predicted molar refractivity (Wildman–Crippen MR) is 75.9 cm³/mol. The average molecular weight is 252 g/mol. The van der Waals surface area contributed by atoms with Crippen LogP contribution in [0.4, 0.5) is 0 Å². The molecule has 3 heteroatoms. The van der Waals surface area contributed by atoms with Crippen molar-refractivity contribution < 1.29 is 4.74 Å². The van der Waals surface area contributed by atoms with E-state index in [4.69, 9.17) is 4.74 Å². The van der Waals surface area contributed by atoms with Gasteiger partial charge in [-0.3, -0.25) is 4.90 Å². The molecule has 0 bridgehead atoms. The minimum absolute atomic E-state index is 0.447. The number of hydrogen-bond donors (Lipinski definition) is 1. The fourth-order valence-electron chi connectivity index (χ4n) is 2.94. The molecule has 1 fully saturated rings. The van der Waals surface area contributed by atoms with Gasteiger partial charge in [0.1, 0.15) is 0 Å². The Morgan fingerprint density at radius 1 is 1.39 bits per heavy atom. The minimum Gasteiger partial charge on any atom is -0.372 e. The average Bonchev–Trinajstić information content (AvgIpc) is 2.77. The Morgan fingerprint density at radius 3 is 3.00 bits per heavy atom. The molecule has 18 heavy (non-hydrogen) atoms. The van der Waals surface area contributed by atoms with Crippen LogP contribution in [0.15, 0.2) is 11.6 Å². The number of rotatable bonds is 6. The van der Waals surface area contributed by atoms with Crippen LogP contribution in [0.2, 0.25) is 0 Å². The third kappa shape index (κ3) is 4.38. The van der Waals surface area contributed by atoms with Crippen LogP contribution >= 0.6 is 0 Å². The summed E-state index contributed by atoms with van der Waals surface area (Å²) in [6.45, 7) is 10.0. The van der Waals surface area contributed by atoms with Crippen LogP contribution in [0.5, 0.6) is 0 Å². The van der Waals surface area contributed by atoms with Gasteiger partial charge in [0.2, 0.25) is 0 Å². The maximum Gasteiger partial charge on any atom is 0.0707 e. The quantitative estimate of drug-likeness (QED) is 0.579. The van der Waals surface area contributed by atoms with E-state index in [2.05, 4.69) is 30.1 Å². The van der Waals surface area contributed by atoms with Crippen molar-refractivity contribution in [3.63, 3.8) is 0 Å². The lowest BCUT2D eigenvalue weighted by Crippen LogP contribution is -2.37. The number of nitrogens with one attached hydrogen (secondary N) is 1. The molecule has 2 aliphatic heterocycles. The molecule has 2 unspecified atom stereocenters. The molecule has 2 atom stereocenters. The van der Waals surface area contributed by atoms with Gasteiger partial charge in [-0.15, -0.1) is 0 Å². The molecule has 2 heterocycles. The Balaban J connectivity index is 1.65. The van der Waals surface area contributed by atoms with E-state index in [0.29, 0.717) is 12.2 Å². The summed E-state index contributed by atoms with van der Waals surface area (Å²) >= 11 is 0. The number of nitrogens with zero attached hydrogens (tertiary/aromatic N) is 1. The molecular weight excluding hydrogens is 224 g/mol. The fraction of sp³-hybridized carbons (Fsp3) is 0.867. The molecule has 1 saturated heterocycles. The van der Waals surface area contributed by atoms with Crippen molar-refractivity contribution in [2.75, 3.05) is 32.7 Å². The lowest BCUT2D eigenvalue weighted by Gasteiger charge is -2.28. The van der Waals surface area contributed by atoms with E-state index in [-0.39, 0.29) is 0 Å². The number of hydrogen-bond acceptors (Lipinski definition) is 3. The summed E-state index contributed by atoms with van der Waals surface area (Å²) < 4.78 is 6.12. The zero-order chi connectivity index (χ0) is 12.8. The van der Waals surface area contributed by atoms with Gasteiger partial charge in [-0.2, -0.15) is 0 Å². The van der Waals surface area contributed by atoms with Gasteiger partial charge >= 0.3 is 0 Å². The minimum atomic E-state index is 0.447. The van der Waals surface area contributed by atoms with E-state index < -0.39 is 0 Å². The first kappa shape index (κ1) is 14.0. The lowest BCUT2D eigenvalue weighted by atomic mass is 10.1. The molecule has 104 valence electrons. The summed E-state index contributed by atoms with van der Waals surface area (Å²) in [5.41, 5.74) is 1.51. The van der Waals surface area contributed by atoms with Gasteiger partial charge in [-0.25, -0.2) is 0 Å². The van der Waals surface area contributed by atoms with Gasteiger partial charge in [0.05, 0.1) is 12.2 Å². The van der Waals surface area contributed by atoms with E-state index in [9.17, 15) is 0 Å². The molecule has 1 N–H and O–H groups in total. The van der Waals surface area contributed by atoms with Gasteiger partial charge < -0.3 is 10.1 Å². The third-order valence-corrected chi connectivity index (χ3v) is 3.87.